The minimum Gasteiger partial charge on any atom is -0.384 e. The van der Waals surface area contributed by atoms with Crippen LogP contribution < -0.4 is 0 Å². The van der Waals surface area contributed by atoms with Gasteiger partial charge in [0.25, 0.3) is 0 Å². The number of benzene rings is 1. The molecule has 15 heavy (non-hydrogen) atoms. The van der Waals surface area contributed by atoms with Crippen LogP contribution in [-0.4, -0.2) is 5.11 Å². The van der Waals surface area contributed by atoms with Gasteiger partial charge in [-0.25, -0.2) is 0 Å². The Balaban J connectivity index is 2.28. The van der Waals surface area contributed by atoms with Crippen molar-refractivity contribution in [2.75, 3.05) is 0 Å². The predicted molar refractivity (Wildman–Crippen MR) is 63.1 cm³/mol. The van der Waals surface area contributed by atoms with Gasteiger partial charge >= 0.3 is 0 Å². The fourth-order valence-corrected chi connectivity index (χ4v) is 2.32. The van der Waals surface area contributed by atoms with Gasteiger partial charge in [0.2, 0.25) is 0 Å². The van der Waals surface area contributed by atoms with E-state index < -0.39 is 6.10 Å². The summed E-state index contributed by atoms with van der Waals surface area (Å²) in [5.74, 6) is 0. The number of aryl methyl sites for hydroxylation is 1. The minimum atomic E-state index is -0.440. The molecule has 0 amide bonds. The summed E-state index contributed by atoms with van der Waals surface area (Å²) in [6.07, 6.45) is 4.99. The molecule has 1 unspecified atom stereocenters. The zero-order valence-corrected chi connectivity index (χ0v) is 9.59. The summed E-state index contributed by atoms with van der Waals surface area (Å²) in [5.41, 5.74) is 3.19. The molecule has 0 saturated heterocycles. The van der Waals surface area contributed by atoms with Gasteiger partial charge in [-0.1, -0.05) is 23.7 Å². The summed E-state index contributed by atoms with van der Waals surface area (Å²) in [4.78, 5) is 0. The highest BCUT2D eigenvalue weighted by Gasteiger charge is 2.17. The second kappa shape index (κ2) is 4.38. The molecule has 0 spiro atoms. The third-order valence-electron chi connectivity index (χ3n) is 2.95. The van der Waals surface area contributed by atoms with Crippen molar-refractivity contribution in [3.8, 4) is 0 Å². The Labute approximate surface area is 95.4 Å². The van der Waals surface area contributed by atoms with E-state index >= 15 is 0 Å². The molecule has 1 nitrogen and oxygen atoms in total. The van der Waals surface area contributed by atoms with Crippen molar-refractivity contribution in [3.05, 3.63) is 46.0 Å². The Morgan fingerprint density at radius 1 is 1.40 bits per heavy atom. The van der Waals surface area contributed by atoms with Gasteiger partial charge < -0.3 is 5.11 Å². The number of aliphatic hydroxyl groups is 1. The van der Waals surface area contributed by atoms with Gasteiger partial charge in [0, 0.05) is 5.02 Å². The molecule has 0 bridgehead atoms. The average Bonchev–Trinajstić information content (AvgIpc) is 2.69. The molecule has 1 aromatic rings. The van der Waals surface area contributed by atoms with E-state index in [-0.39, 0.29) is 0 Å². The van der Waals surface area contributed by atoms with Crippen molar-refractivity contribution in [1.82, 2.24) is 0 Å². The predicted octanol–water partition coefficient (Wildman–Crippen LogP) is 3.79. The van der Waals surface area contributed by atoms with Gasteiger partial charge in [-0.05, 0) is 55.0 Å². The summed E-state index contributed by atoms with van der Waals surface area (Å²) < 4.78 is 0. The van der Waals surface area contributed by atoms with E-state index in [1.165, 1.54) is 6.42 Å². The van der Waals surface area contributed by atoms with Crippen LogP contribution in [0.25, 0.3) is 0 Å². The van der Waals surface area contributed by atoms with Crippen LogP contribution in [0.5, 0.6) is 0 Å². The lowest BCUT2D eigenvalue weighted by molar-refractivity contribution is 0.212. The lowest BCUT2D eigenvalue weighted by Gasteiger charge is -2.15. The summed E-state index contributed by atoms with van der Waals surface area (Å²) in [6, 6.07) is 5.65. The first kappa shape index (κ1) is 10.7. The third-order valence-corrected chi connectivity index (χ3v) is 3.19. The first-order valence-corrected chi connectivity index (χ1v) is 5.69. The Kier molecular flexibility index (Phi) is 3.13. The van der Waals surface area contributed by atoms with Crippen LogP contribution in [0.2, 0.25) is 5.02 Å². The molecule has 1 atom stereocenters. The van der Waals surface area contributed by atoms with E-state index in [0.29, 0.717) is 0 Å². The van der Waals surface area contributed by atoms with E-state index in [1.807, 2.05) is 25.1 Å². The van der Waals surface area contributed by atoms with Crippen molar-refractivity contribution >= 4 is 11.6 Å². The lowest BCUT2D eigenvalue weighted by atomic mass is 9.97. The van der Waals surface area contributed by atoms with Crippen LogP contribution in [0.1, 0.15) is 36.5 Å². The van der Waals surface area contributed by atoms with E-state index in [1.54, 1.807) is 0 Å². The fourth-order valence-electron chi connectivity index (χ4n) is 2.09. The molecule has 0 aliphatic heterocycles. The summed E-state index contributed by atoms with van der Waals surface area (Å²) in [7, 11) is 0. The van der Waals surface area contributed by atoms with Gasteiger partial charge in [0.15, 0.2) is 0 Å². The van der Waals surface area contributed by atoms with E-state index in [4.69, 9.17) is 11.6 Å². The maximum atomic E-state index is 10.2. The number of aliphatic hydroxyl groups excluding tert-OH is 1. The molecule has 0 saturated carbocycles. The molecule has 0 heterocycles. The van der Waals surface area contributed by atoms with Gasteiger partial charge in [-0.15, -0.1) is 0 Å². The largest absolute Gasteiger partial charge is 0.384 e. The molecule has 0 radical (unpaired) electrons. The van der Waals surface area contributed by atoms with E-state index in [0.717, 1.165) is 34.6 Å². The number of halogens is 1. The molecule has 1 aliphatic rings. The molecular formula is C13H15ClO. The van der Waals surface area contributed by atoms with Crippen molar-refractivity contribution in [1.29, 1.82) is 0 Å². The maximum Gasteiger partial charge on any atom is 0.100 e. The number of hydrogen-bond donors (Lipinski definition) is 1. The summed E-state index contributed by atoms with van der Waals surface area (Å²) in [6.45, 7) is 1.99. The quantitative estimate of drug-likeness (QED) is 0.755. The van der Waals surface area contributed by atoms with Crippen molar-refractivity contribution in [2.45, 2.75) is 32.3 Å². The first-order valence-electron chi connectivity index (χ1n) is 5.31. The van der Waals surface area contributed by atoms with Crippen LogP contribution >= 0.6 is 11.6 Å². The van der Waals surface area contributed by atoms with Crippen LogP contribution in [0.15, 0.2) is 29.8 Å². The fraction of sp³-hybridized carbons (Fsp3) is 0.385. The Hall–Kier alpha value is -0.790. The molecule has 0 aromatic heterocycles. The van der Waals surface area contributed by atoms with Crippen LogP contribution in [0.4, 0.5) is 0 Å². The highest BCUT2D eigenvalue weighted by Crippen LogP contribution is 2.32. The molecule has 1 aliphatic carbocycles. The zero-order valence-electron chi connectivity index (χ0n) is 8.83. The minimum absolute atomic E-state index is 0.440. The average molecular weight is 223 g/mol. The Bertz CT molecular complexity index is 396. The smallest absolute Gasteiger partial charge is 0.100 e. The lowest BCUT2D eigenvalue weighted by Crippen LogP contribution is -2.02. The molecule has 0 fully saturated rings. The maximum absolute atomic E-state index is 10.2. The highest BCUT2D eigenvalue weighted by atomic mass is 35.5. The van der Waals surface area contributed by atoms with Crippen LogP contribution in [-0.2, 0) is 0 Å². The van der Waals surface area contributed by atoms with Crippen molar-refractivity contribution in [2.24, 2.45) is 0 Å². The standard InChI is InChI=1S/C13H15ClO/c1-9-8-11(14)6-7-12(9)13(15)10-4-2-3-5-10/h4,6-8,13,15H,2-3,5H2,1H3. The molecule has 1 N–H and O–H groups in total. The van der Waals surface area contributed by atoms with Crippen LogP contribution in [0, 0.1) is 6.92 Å². The molecular weight excluding hydrogens is 208 g/mol. The van der Waals surface area contributed by atoms with E-state index in [2.05, 4.69) is 6.08 Å². The summed E-state index contributed by atoms with van der Waals surface area (Å²) >= 11 is 5.89. The number of hydrogen-bond acceptors (Lipinski definition) is 1. The third kappa shape index (κ3) is 2.24. The second-order valence-corrected chi connectivity index (χ2v) is 4.51. The second-order valence-electron chi connectivity index (χ2n) is 4.07. The van der Waals surface area contributed by atoms with Gasteiger partial charge in [0.05, 0.1) is 0 Å². The number of rotatable bonds is 2. The summed E-state index contributed by atoms with van der Waals surface area (Å²) in [5, 5.41) is 10.9. The van der Waals surface area contributed by atoms with Crippen molar-refractivity contribution < 1.29 is 5.11 Å². The molecule has 1 aromatic carbocycles. The monoisotopic (exact) mass is 222 g/mol. The van der Waals surface area contributed by atoms with Crippen molar-refractivity contribution in [3.63, 3.8) is 0 Å². The normalized spacial score (nSPS) is 17.7. The van der Waals surface area contributed by atoms with Crippen LogP contribution in [0.3, 0.4) is 0 Å². The van der Waals surface area contributed by atoms with Gasteiger partial charge in [-0.3, -0.25) is 0 Å². The first-order chi connectivity index (χ1) is 7.18. The highest BCUT2D eigenvalue weighted by molar-refractivity contribution is 6.30. The number of allylic oxidation sites excluding steroid dienone is 1. The van der Waals surface area contributed by atoms with E-state index in [9.17, 15) is 5.11 Å². The molecule has 2 heteroatoms. The SMILES string of the molecule is Cc1cc(Cl)ccc1C(O)C1=CCCC1. The topological polar surface area (TPSA) is 20.2 Å². The Morgan fingerprint density at radius 3 is 2.80 bits per heavy atom. The van der Waals surface area contributed by atoms with Gasteiger partial charge in [0.1, 0.15) is 6.10 Å². The molecule has 2 rings (SSSR count). The molecule has 80 valence electrons. The Morgan fingerprint density at radius 2 is 2.20 bits per heavy atom. The van der Waals surface area contributed by atoms with Gasteiger partial charge in [-0.2, -0.15) is 0 Å². The zero-order chi connectivity index (χ0) is 10.8.